The van der Waals surface area contributed by atoms with Gasteiger partial charge in [-0.25, -0.2) is 0 Å². The van der Waals surface area contributed by atoms with Gasteiger partial charge in [-0.1, -0.05) is 0 Å². The molecule has 0 radical (unpaired) electrons. The second-order valence-electron chi connectivity index (χ2n) is 3.30. The topological polar surface area (TPSA) is 110 Å². The SMILES string of the molecule is COc1ccc([N+](=O)[O-])c([C@H](O)CC(=O)O)c1. The van der Waals surface area contributed by atoms with Crippen LogP contribution in [-0.4, -0.2) is 28.2 Å². The Labute approximate surface area is 96.4 Å². The van der Waals surface area contributed by atoms with Crippen LogP contribution in [0.1, 0.15) is 18.1 Å². The number of aliphatic hydroxyl groups excluding tert-OH is 1. The van der Waals surface area contributed by atoms with E-state index < -0.39 is 23.4 Å². The lowest BCUT2D eigenvalue weighted by molar-refractivity contribution is -0.386. The second kappa shape index (κ2) is 5.26. The van der Waals surface area contributed by atoms with Gasteiger partial charge in [0.15, 0.2) is 0 Å². The fourth-order valence-electron chi connectivity index (χ4n) is 1.37. The molecule has 0 bridgehead atoms. The lowest BCUT2D eigenvalue weighted by Gasteiger charge is -2.10. The highest BCUT2D eigenvalue weighted by Crippen LogP contribution is 2.30. The molecule has 7 heteroatoms. The lowest BCUT2D eigenvalue weighted by atomic mass is 10.0. The molecule has 0 saturated carbocycles. The Kier molecular flexibility index (Phi) is 4.00. The summed E-state index contributed by atoms with van der Waals surface area (Å²) in [6, 6.07) is 3.79. The molecule has 0 amide bonds. The van der Waals surface area contributed by atoms with Crippen molar-refractivity contribution in [3.63, 3.8) is 0 Å². The molecule has 1 atom stereocenters. The summed E-state index contributed by atoms with van der Waals surface area (Å²) >= 11 is 0. The first-order valence-electron chi connectivity index (χ1n) is 4.68. The molecule has 0 saturated heterocycles. The number of nitrogens with zero attached hydrogens (tertiary/aromatic N) is 1. The summed E-state index contributed by atoms with van der Waals surface area (Å²) in [7, 11) is 1.37. The number of methoxy groups -OCH3 is 1. The van der Waals surface area contributed by atoms with Crippen LogP contribution in [0.25, 0.3) is 0 Å². The van der Waals surface area contributed by atoms with E-state index in [2.05, 4.69) is 0 Å². The fraction of sp³-hybridized carbons (Fsp3) is 0.300. The molecule has 1 aromatic carbocycles. The molecular formula is C10H11NO6. The van der Waals surface area contributed by atoms with Crippen LogP contribution >= 0.6 is 0 Å². The highest BCUT2D eigenvalue weighted by molar-refractivity contribution is 5.68. The first-order valence-corrected chi connectivity index (χ1v) is 4.68. The quantitative estimate of drug-likeness (QED) is 0.590. The van der Waals surface area contributed by atoms with Gasteiger partial charge in [0, 0.05) is 6.07 Å². The molecule has 7 nitrogen and oxygen atoms in total. The summed E-state index contributed by atoms with van der Waals surface area (Å²) < 4.78 is 4.86. The molecule has 0 aliphatic carbocycles. The molecule has 0 aliphatic rings. The Morgan fingerprint density at radius 2 is 2.24 bits per heavy atom. The Morgan fingerprint density at radius 3 is 2.71 bits per heavy atom. The minimum Gasteiger partial charge on any atom is -0.497 e. The monoisotopic (exact) mass is 241 g/mol. The van der Waals surface area contributed by atoms with E-state index in [1.807, 2.05) is 0 Å². The molecule has 17 heavy (non-hydrogen) atoms. The van der Waals surface area contributed by atoms with Crippen molar-refractivity contribution >= 4 is 11.7 Å². The number of hydrogen-bond acceptors (Lipinski definition) is 5. The first-order chi connectivity index (χ1) is 7.95. The molecule has 0 unspecified atom stereocenters. The fourth-order valence-corrected chi connectivity index (χ4v) is 1.37. The van der Waals surface area contributed by atoms with Crippen LogP contribution < -0.4 is 4.74 Å². The van der Waals surface area contributed by atoms with Crippen LogP contribution in [0, 0.1) is 10.1 Å². The number of rotatable bonds is 5. The van der Waals surface area contributed by atoms with Crippen molar-refractivity contribution in [3.05, 3.63) is 33.9 Å². The molecule has 0 fully saturated rings. The number of nitro groups is 1. The highest BCUT2D eigenvalue weighted by Gasteiger charge is 2.23. The number of carboxylic acid groups (broad SMARTS) is 1. The maximum Gasteiger partial charge on any atom is 0.306 e. The van der Waals surface area contributed by atoms with Gasteiger partial charge in [-0.2, -0.15) is 0 Å². The average molecular weight is 241 g/mol. The van der Waals surface area contributed by atoms with Crippen LogP contribution in [0.2, 0.25) is 0 Å². The van der Waals surface area contributed by atoms with E-state index in [1.165, 1.54) is 25.3 Å². The largest absolute Gasteiger partial charge is 0.497 e. The average Bonchev–Trinajstić information content (AvgIpc) is 2.27. The van der Waals surface area contributed by atoms with Gasteiger partial charge < -0.3 is 14.9 Å². The summed E-state index contributed by atoms with van der Waals surface area (Å²) in [5.74, 6) is -0.926. The zero-order valence-electron chi connectivity index (χ0n) is 8.99. The van der Waals surface area contributed by atoms with Crippen molar-refractivity contribution in [2.24, 2.45) is 0 Å². The van der Waals surface area contributed by atoms with Crippen molar-refractivity contribution in [1.29, 1.82) is 0 Å². The number of nitro benzene ring substituents is 1. The summed E-state index contributed by atoms with van der Waals surface area (Å²) in [5, 5.41) is 28.9. The molecule has 1 rings (SSSR count). The zero-order valence-corrected chi connectivity index (χ0v) is 8.99. The third-order valence-electron chi connectivity index (χ3n) is 2.16. The number of aliphatic carboxylic acids is 1. The van der Waals surface area contributed by atoms with E-state index in [9.17, 15) is 20.0 Å². The number of carboxylic acids is 1. The maximum atomic E-state index is 10.7. The smallest absolute Gasteiger partial charge is 0.306 e. The number of ether oxygens (including phenoxy) is 1. The molecule has 0 heterocycles. The minimum atomic E-state index is -1.44. The van der Waals surface area contributed by atoms with Gasteiger partial charge in [-0.15, -0.1) is 0 Å². The normalized spacial score (nSPS) is 11.9. The Balaban J connectivity index is 3.16. The van der Waals surface area contributed by atoms with Crippen LogP contribution in [-0.2, 0) is 4.79 Å². The second-order valence-corrected chi connectivity index (χ2v) is 3.30. The Morgan fingerprint density at radius 1 is 1.59 bits per heavy atom. The van der Waals surface area contributed by atoms with Gasteiger partial charge in [-0.3, -0.25) is 14.9 Å². The van der Waals surface area contributed by atoms with E-state index in [1.54, 1.807) is 0 Å². The van der Waals surface area contributed by atoms with E-state index in [-0.39, 0.29) is 11.3 Å². The lowest BCUT2D eigenvalue weighted by Crippen LogP contribution is -2.08. The molecule has 2 N–H and O–H groups in total. The summed E-state index contributed by atoms with van der Waals surface area (Å²) in [4.78, 5) is 20.5. The van der Waals surface area contributed by atoms with Crippen LogP contribution in [0.5, 0.6) is 5.75 Å². The van der Waals surface area contributed by atoms with Gasteiger partial charge in [0.1, 0.15) is 5.75 Å². The molecule has 92 valence electrons. The van der Waals surface area contributed by atoms with E-state index in [0.29, 0.717) is 5.75 Å². The molecule has 0 aromatic heterocycles. The van der Waals surface area contributed by atoms with Crippen molar-refractivity contribution in [2.75, 3.05) is 7.11 Å². The first kappa shape index (κ1) is 12.9. The molecule has 0 spiro atoms. The number of carbonyl (C=O) groups is 1. The third-order valence-corrected chi connectivity index (χ3v) is 2.16. The van der Waals surface area contributed by atoms with Crippen molar-refractivity contribution in [1.82, 2.24) is 0 Å². The van der Waals surface area contributed by atoms with Crippen molar-refractivity contribution < 1.29 is 24.7 Å². The molecule has 1 aromatic rings. The third kappa shape index (κ3) is 3.15. The summed E-state index contributed by atoms with van der Waals surface area (Å²) in [6.07, 6.45) is -2.04. The van der Waals surface area contributed by atoms with Crippen LogP contribution in [0.3, 0.4) is 0 Å². The van der Waals surface area contributed by atoms with E-state index in [4.69, 9.17) is 9.84 Å². The summed E-state index contributed by atoms with van der Waals surface area (Å²) in [6.45, 7) is 0. The predicted molar refractivity (Wildman–Crippen MR) is 56.9 cm³/mol. The highest BCUT2D eigenvalue weighted by atomic mass is 16.6. The van der Waals surface area contributed by atoms with Gasteiger partial charge >= 0.3 is 5.97 Å². The predicted octanol–water partition coefficient (Wildman–Crippen LogP) is 1.11. The number of hydrogen-bond donors (Lipinski definition) is 2. The minimum absolute atomic E-state index is 0.0725. The maximum absolute atomic E-state index is 10.7. The van der Waals surface area contributed by atoms with Crippen LogP contribution in [0.4, 0.5) is 5.69 Å². The molecular weight excluding hydrogens is 230 g/mol. The van der Waals surface area contributed by atoms with Gasteiger partial charge in [0.05, 0.1) is 30.1 Å². The summed E-state index contributed by atoms with van der Waals surface area (Å²) in [5.41, 5.74) is -0.406. The van der Waals surface area contributed by atoms with Gasteiger partial charge in [-0.05, 0) is 12.1 Å². The van der Waals surface area contributed by atoms with Crippen LogP contribution in [0.15, 0.2) is 18.2 Å². The molecule has 0 aliphatic heterocycles. The van der Waals surface area contributed by atoms with Gasteiger partial charge in [0.2, 0.25) is 0 Å². The zero-order chi connectivity index (χ0) is 13.0. The van der Waals surface area contributed by atoms with Crippen molar-refractivity contribution in [3.8, 4) is 5.75 Å². The number of benzene rings is 1. The standard InChI is InChI=1S/C10H11NO6/c1-17-6-2-3-8(11(15)16)7(4-6)9(12)5-10(13)14/h2-4,9,12H,5H2,1H3,(H,13,14)/t9-/m1/s1. The van der Waals surface area contributed by atoms with E-state index >= 15 is 0 Å². The Bertz CT molecular complexity index is 444. The number of aliphatic hydroxyl groups is 1. The van der Waals surface area contributed by atoms with E-state index in [0.717, 1.165) is 0 Å². The Hall–Kier alpha value is -2.15. The van der Waals surface area contributed by atoms with Gasteiger partial charge in [0.25, 0.3) is 5.69 Å². The van der Waals surface area contributed by atoms with Crippen molar-refractivity contribution in [2.45, 2.75) is 12.5 Å².